The minimum atomic E-state index is 0.309. The largest absolute Gasteiger partial charge is 0.380 e. The van der Waals surface area contributed by atoms with Crippen molar-refractivity contribution in [1.29, 1.82) is 0 Å². The quantitative estimate of drug-likeness (QED) is 0.725. The van der Waals surface area contributed by atoms with Crippen molar-refractivity contribution in [1.82, 2.24) is 4.90 Å². The third kappa shape index (κ3) is 4.57. The fourth-order valence-electron chi connectivity index (χ4n) is 2.87. The van der Waals surface area contributed by atoms with Crippen molar-refractivity contribution in [3.8, 4) is 0 Å². The van der Waals surface area contributed by atoms with Crippen LogP contribution in [0.4, 0.5) is 0 Å². The Balaban J connectivity index is 2.34. The van der Waals surface area contributed by atoms with Crippen molar-refractivity contribution in [3.05, 3.63) is 0 Å². The molecule has 0 aromatic rings. The van der Waals surface area contributed by atoms with Crippen LogP contribution in [0.5, 0.6) is 0 Å². The van der Waals surface area contributed by atoms with Crippen LogP contribution in [0.15, 0.2) is 0 Å². The molecule has 0 aromatic heterocycles. The molecule has 1 fully saturated rings. The van der Waals surface area contributed by atoms with E-state index < -0.39 is 0 Å². The molecule has 0 aliphatic heterocycles. The Bertz CT molecular complexity index is 218. The monoisotopic (exact) mass is 242 g/mol. The first-order valence-electron chi connectivity index (χ1n) is 6.99. The molecule has 3 nitrogen and oxygen atoms in total. The van der Waals surface area contributed by atoms with Crippen LogP contribution in [-0.2, 0) is 4.74 Å². The standard InChI is InChI=1S/C14H30N2O/c1-5-17-10-9-16(4)11-12-7-6-8-14(2,3)13(12)15/h12-13H,5-11,15H2,1-4H3. The fourth-order valence-corrected chi connectivity index (χ4v) is 2.87. The van der Waals surface area contributed by atoms with E-state index in [9.17, 15) is 0 Å². The van der Waals surface area contributed by atoms with Crippen molar-refractivity contribution >= 4 is 0 Å². The molecule has 1 aliphatic rings. The molecule has 0 amide bonds. The van der Waals surface area contributed by atoms with E-state index in [4.69, 9.17) is 10.5 Å². The van der Waals surface area contributed by atoms with E-state index in [1.807, 2.05) is 6.92 Å². The average Bonchev–Trinajstić information content (AvgIpc) is 2.25. The van der Waals surface area contributed by atoms with E-state index in [-0.39, 0.29) is 0 Å². The molecule has 0 saturated heterocycles. The summed E-state index contributed by atoms with van der Waals surface area (Å²) in [6.07, 6.45) is 3.88. The van der Waals surface area contributed by atoms with Crippen LogP contribution >= 0.6 is 0 Å². The summed E-state index contributed by atoms with van der Waals surface area (Å²) in [6.45, 7) is 10.4. The Kier molecular flexibility index (Phi) is 5.90. The summed E-state index contributed by atoms with van der Waals surface area (Å²) in [7, 11) is 2.17. The maximum absolute atomic E-state index is 6.40. The summed E-state index contributed by atoms with van der Waals surface area (Å²) in [5.41, 5.74) is 6.71. The summed E-state index contributed by atoms with van der Waals surface area (Å²) >= 11 is 0. The highest BCUT2D eigenvalue weighted by molar-refractivity contribution is 4.92. The highest BCUT2D eigenvalue weighted by Crippen LogP contribution is 2.37. The predicted octanol–water partition coefficient (Wildman–Crippen LogP) is 2.11. The summed E-state index contributed by atoms with van der Waals surface area (Å²) < 4.78 is 5.39. The molecule has 1 saturated carbocycles. The van der Waals surface area contributed by atoms with Gasteiger partial charge in [-0.25, -0.2) is 0 Å². The van der Waals surface area contributed by atoms with Gasteiger partial charge in [-0.15, -0.1) is 0 Å². The topological polar surface area (TPSA) is 38.5 Å². The predicted molar refractivity (Wildman–Crippen MR) is 73.1 cm³/mol. The SMILES string of the molecule is CCOCCN(C)CC1CCCC(C)(C)C1N. The Hall–Kier alpha value is -0.120. The summed E-state index contributed by atoms with van der Waals surface area (Å²) in [5, 5.41) is 0. The number of rotatable bonds is 6. The molecule has 2 unspecified atom stereocenters. The zero-order valence-corrected chi connectivity index (χ0v) is 12.0. The molecule has 0 bridgehead atoms. The van der Waals surface area contributed by atoms with Gasteiger partial charge in [-0.2, -0.15) is 0 Å². The molecule has 17 heavy (non-hydrogen) atoms. The molecule has 0 heterocycles. The van der Waals surface area contributed by atoms with Gasteiger partial charge in [0.1, 0.15) is 0 Å². The van der Waals surface area contributed by atoms with E-state index >= 15 is 0 Å². The van der Waals surface area contributed by atoms with Crippen LogP contribution in [0.3, 0.4) is 0 Å². The molecule has 2 atom stereocenters. The third-order valence-electron chi connectivity index (χ3n) is 4.17. The number of nitrogens with two attached hydrogens (primary N) is 1. The molecular weight excluding hydrogens is 212 g/mol. The first-order chi connectivity index (χ1) is 7.97. The van der Waals surface area contributed by atoms with E-state index in [1.165, 1.54) is 19.3 Å². The molecule has 3 heteroatoms. The smallest absolute Gasteiger partial charge is 0.0593 e. The molecule has 1 aliphatic carbocycles. The Morgan fingerprint density at radius 1 is 1.41 bits per heavy atom. The maximum Gasteiger partial charge on any atom is 0.0593 e. The molecule has 102 valence electrons. The maximum atomic E-state index is 6.40. The van der Waals surface area contributed by atoms with Crippen molar-refractivity contribution in [2.75, 3.05) is 33.4 Å². The lowest BCUT2D eigenvalue weighted by Crippen LogP contribution is -2.50. The molecule has 2 N–H and O–H groups in total. The van der Waals surface area contributed by atoms with Crippen LogP contribution in [0, 0.1) is 11.3 Å². The molecule has 1 rings (SSSR count). The molecule has 0 radical (unpaired) electrons. The van der Waals surface area contributed by atoms with Gasteiger partial charge in [-0.05, 0) is 38.1 Å². The van der Waals surface area contributed by atoms with Crippen LogP contribution in [0.1, 0.15) is 40.0 Å². The number of likely N-dealkylation sites (N-methyl/N-ethyl adjacent to an activating group) is 1. The Morgan fingerprint density at radius 2 is 2.12 bits per heavy atom. The molecule has 0 aromatic carbocycles. The number of nitrogens with zero attached hydrogens (tertiary/aromatic N) is 1. The minimum Gasteiger partial charge on any atom is -0.380 e. The zero-order chi connectivity index (χ0) is 12.9. The average molecular weight is 242 g/mol. The molecule has 0 spiro atoms. The van der Waals surface area contributed by atoms with Gasteiger partial charge in [0, 0.05) is 25.7 Å². The highest BCUT2D eigenvalue weighted by atomic mass is 16.5. The highest BCUT2D eigenvalue weighted by Gasteiger charge is 2.36. The van der Waals surface area contributed by atoms with E-state index in [1.54, 1.807) is 0 Å². The van der Waals surface area contributed by atoms with Gasteiger partial charge in [0.25, 0.3) is 0 Å². The number of hydrogen-bond acceptors (Lipinski definition) is 3. The lowest BCUT2D eigenvalue weighted by atomic mass is 9.68. The van der Waals surface area contributed by atoms with E-state index in [2.05, 4.69) is 25.8 Å². The van der Waals surface area contributed by atoms with Gasteiger partial charge >= 0.3 is 0 Å². The van der Waals surface area contributed by atoms with Gasteiger partial charge in [0.05, 0.1) is 6.61 Å². The number of hydrogen-bond donors (Lipinski definition) is 1. The van der Waals surface area contributed by atoms with Crippen molar-refractivity contribution in [3.63, 3.8) is 0 Å². The van der Waals surface area contributed by atoms with Crippen LogP contribution < -0.4 is 5.73 Å². The minimum absolute atomic E-state index is 0.309. The van der Waals surface area contributed by atoms with Crippen LogP contribution in [-0.4, -0.2) is 44.3 Å². The second-order valence-electron chi connectivity index (χ2n) is 6.13. The number of ether oxygens (including phenoxy) is 1. The normalized spacial score (nSPS) is 28.6. The van der Waals surface area contributed by atoms with Crippen molar-refractivity contribution in [2.45, 2.75) is 46.1 Å². The zero-order valence-electron chi connectivity index (χ0n) is 12.0. The Morgan fingerprint density at radius 3 is 2.76 bits per heavy atom. The molecular formula is C14H30N2O. The van der Waals surface area contributed by atoms with Gasteiger partial charge in [0.15, 0.2) is 0 Å². The van der Waals surface area contributed by atoms with Gasteiger partial charge in [-0.3, -0.25) is 0 Å². The fraction of sp³-hybridized carbons (Fsp3) is 1.00. The Labute approximate surface area is 107 Å². The van der Waals surface area contributed by atoms with Crippen LogP contribution in [0.2, 0.25) is 0 Å². The van der Waals surface area contributed by atoms with Crippen LogP contribution in [0.25, 0.3) is 0 Å². The van der Waals surface area contributed by atoms with Gasteiger partial charge in [-0.1, -0.05) is 20.3 Å². The van der Waals surface area contributed by atoms with E-state index in [0.717, 1.165) is 26.3 Å². The lowest BCUT2D eigenvalue weighted by molar-refractivity contribution is 0.0863. The van der Waals surface area contributed by atoms with Crippen molar-refractivity contribution in [2.24, 2.45) is 17.1 Å². The second-order valence-corrected chi connectivity index (χ2v) is 6.13. The summed E-state index contributed by atoms with van der Waals surface area (Å²) in [4.78, 5) is 2.36. The first-order valence-corrected chi connectivity index (χ1v) is 6.99. The first kappa shape index (κ1) is 14.9. The summed E-state index contributed by atoms with van der Waals surface area (Å²) in [5.74, 6) is 0.644. The lowest BCUT2D eigenvalue weighted by Gasteiger charge is -2.43. The third-order valence-corrected chi connectivity index (χ3v) is 4.17. The summed E-state index contributed by atoms with van der Waals surface area (Å²) in [6, 6.07) is 0.339. The van der Waals surface area contributed by atoms with Gasteiger partial charge < -0.3 is 15.4 Å². The van der Waals surface area contributed by atoms with Crippen molar-refractivity contribution < 1.29 is 4.74 Å². The second kappa shape index (κ2) is 6.72. The van der Waals surface area contributed by atoms with E-state index in [0.29, 0.717) is 17.4 Å². The van der Waals surface area contributed by atoms with Gasteiger partial charge in [0.2, 0.25) is 0 Å².